The quantitative estimate of drug-likeness (QED) is 0.625. The Hall–Kier alpha value is -0.870. The summed E-state index contributed by atoms with van der Waals surface area (Å²) in [5, 5.41) is 10.2. The highest BCUT2D eigenvalue weighted by molar-refractivity contribution is 5.87. The fourth-order valence-electron chi connectivity index (χ4n) is 4.36. The number of carbonyl (C=O) groups is 1. The number of hydrogen-bond donors (Lipinski definition) is 1. The van der Waals surface area contributed by atoms with Crippen LogP contribution in [0.2, 0.25) is 0 Å². The number of aliphatic hydroxyl groups is 1. The normalized spacial score (nSPS) is 48.4. The van der Waals surface area contributed by atoms with Gasteiger partial charge in [-0.25, -0.2) is 4.79 Å². The number of nitrogens with zero attached hydrogens (tertiary/aromatic N) is 1. The van der Waals surface area contributed by atoms with Gasteiger partial charge in [-0.2, -0.15) is 0 Å². The predicted octanol–water partition coefficient (Wildman–Crippen LogP) is 0.600. The molecule has 17 heavy (non-hydrogen) atoms. The zero-order chi connectivity index (χ0) is 11.6. The Morgan fingerprint density at radius 1 is 1.47 bits per heavy atom. The second-order valence-corrected chi connectivity index (χ2v) is 5.77. The molecule has 3 saturated heterocycles. The summed E-state index contributed by atoms with van der Waals surface area (Å²) < 4.78 is 5.65. The Morgan fingerprint density at radius 3 is 3.24 bits per heavy atom. The first-order valence-corrected chi connectivity index (χ1v) is 6.58. The lowest BCUT2D eigenvalue weighted by atomic mass is 9.64. The number of esters is 1. The molecule has 0 amide bonds. The van der Waals surface area contributed by atoms with Gasteiger partial charge in [0.1, 0.15) is 0 Å². The minimum Gasteiger partial charge on any atom is -0.450 e. The van der Waals surface area contributed by atoms with E-state index < -0.39 is 5.60 Å². The van der Waals surface area contributed by atoms with Gasteiger partial charge in [-0.15, -0.1) is 0 Å². The maximum Gasteiger partial charge on any atom is 0.331 e. The molecular formula is C13H17NO3. The van der Waals surface area contributed by atoms with E-state index in [4.69, 9.17) is 4.74 Å². The molecule has 5 aliphatic rings. The van der Waals surface area contributed by atoms with Gasteiger partial charge in [-0.1, -0.05) is 6.42 Å². The van der Waals surface area contributed by atoms with Gasteiger partial charge in [0.05, 0.1) is 12.1 Å². The molecule has 4 atom stereocenters. The summed E-state index contributed by atoms with van der Waals surface area (Å²) in [5.74, 6) is -0.208. The highest BCUT2D eigenvalue weighted by atomic mass is 16.6. The lowest BCUT2D eigenvalue weighted by molar-refractivity contribution is -0.188. The van der Waals surface area contributed by atoms with Gasteiger partial charge >= 0.3 is 5.97 Å². The number of hydrogen-bond acceptors (Lipinski definition) is 4. The van der Waals surface area contributed by atoms with Crippen LogP contribution in [0.1, 0.15) is 32.1 Å². The average Bonchev–Trinajstić information content (AvgIpc) is 2.64. The van der Waals surface area contributed by atoms with Crippen molar-refractivity contribution in [2.24, 2.45) is 0 Å². The summed E-state index contributed by atoms with van der Waals surface area (Å²) in [6.45, 7) is 1.04. The van der Waals surface area contributed by atoms with Crippen molar-refractivity contribution in [1.82, 2.24) is 4.90 Å². The highest BCUT2D eigenvalue weighted by Gasteiger charge is 2.62. The van der Waals surface area contributed by atoms with Gasteiger partial charge in [0, 0.05) is 18.5 Å². The molecule has 4 aliphatic heterocycles. The van der Waals surface area contributed by atoms with Crippen LogP contribution in [-0.4, -0.2) is 46.3 Å². The highest BCUT2D eigenvalue weighted by Crippen LogP contribution is 2.53. The van der Waals surface area contributed by atoms with E-state index in [-0.39, 0.29) is 18.1 Å². The minimum absolute atomic E-state index is 0.208. The summed E-state index contributed by atoms with van der Waals surface area (Å²) >= 11 is 0. The fraction of sp³-hybridized carbons (Fsp3) is 0.769. The van der Waals surface area contributed by atoms with Crippen molar-refractivity contribution in [3.63, 3.8) is 0 Å². The zero-order valence-corrected chi connectivity index (χ0v) is 9.76. The number of piperidine rings is 3. The molecule has 92 valence electrons. The number of aliphatic hydroxyl groups excluding tert-OH is 1. The molecule has 0 aromatic heterocycles. The molecule has 5 rings (SSSR count). The molecule has 1 aliphatic carbocycles. The molecule has 0 aromatic rings. The van der Waals surface area contributed by atoms with Crippen LogP contribution in [0.4, 0.5) is 0 Å². The van der Waals surface area contributed by atoms with Crippen LogP contribution in [0.5, 0.6) is 0 Å². The Labute approximate surface area is 100 Å². The van der Waals surface area contributed by atoms with Crippen molar-refractivity contribution in [3.8, 4) is 0 Å². The molecular weight excluding hydrogens is 218 g/mol. The summed E-state index contributed by atoms with van der Waals surface area (Å²) in [6.07, 6.45) is 6.24. The number of carbonyl (C=O) groups excluding carboxylic acids is 1. The van der Waals surface area contributed by atoms with E-state index in [9.17, 15) is 9.90 Å². The van der Waals surface area contributed by atoms with Crippen molar-refractivity contribution in [2.75, 3.05) is 6.54 Å². The summed E-state index contributed by atoms with van der Waals surface area (Å²) in [4.78, 5) is 14.0. The Kier molecular flexibility index (Phi) is 1.85. The Balaban J connectivity index is 1.82. The first-order valence-electron chi connectivity index (χ1n) is 6.58. The van der Waals surface area contributed by atoms with Crippen molar-refractivity contribution in [3.05, 3.63) is 11.6 Å². The van der Waals surface area contributed by atoms with Crippen LogP contribution < -0.4 is 0 Å². The second kappa shape index (κ2) is 3.12. The van der Waals surface area contributed by atoms with Crippen LogP contribution in [-0.2, 0) is 9.53 Å². The van der Waals surface area contributed by atoms with Crippen LogP contribution in [0.25, 0.3) is 0 Å². The third-order valence-corrected chi connectivity index (χ3v) is 5.01. The van der Waals surface area contributed by atoms with Crippen molar-refractivity contribution < 1.29 is 14.6 Å². The Morgan fingerprint density at radius 2 is 2.35 bits per heavy atom. The SMILES string of the molecule is O=C1C=C2C[C@H]3[C@@H](O)C[C@]2(O1)[C@@H]1CCCCN13. The Bertz CT molecular complexity index is 419. The van der Waals surface area contributed by atoms with Gasteiger partial charge in [-0.3, -0.25) is 4.90 Å². The third kappa shape index (κ3) is 1.13. The molecule has 4 fully saturated rings. The first kappa shape index (κ1) is 10.1. The largest absolute Gasteiger partial charge is 0.450 e. The second-order valence-electron chi connectivity index (χ2n) is 5.77. The van der Waals surface area contributed by atoms with Gasteiger partial charge in [0.15, 0.2) is 5.60 Å². The van der Waals surface area contributed by atoms with E-state index in [1.54, 1.807) is 6.08 Å². The molecule has 4 heterocycles. The van der Waals surface area contributed by atoms with Gasteiger partial charge in [0.2, 0.25) is 0 Å². The smallest absolute Gasteiger partial charge is 0.331 e. The molecule has 1 saturated carbocycles. The lowest BCUT2D eigenvalue weighted by Gasteiger charge is -2.60. The predicted molar refractivity (Wildman–Crippen MR) is 60.3 cm³/mol. The van der Waals surface area contributed by atoms with Gasteiger partial charge in [-0.05, 0) is 31.4 Å². The standard InChI is InChI=1S/C13H17NO3/c15-10-7-13-8(6-12(16)17-13)5-9(10)14-4-2-1-3-11(13)14/h6,9-11,15H,1-5,7H2/t9-,10-,11-,13+/m0/s1. The molecule has 4 nitrogen and oxygen atoms in total. The van der Waals surface area contributed by atoms with Crippen LogP contribution >= 0.6 is 0 Å². The maximum atomic E-state index is 11.6. The molecule has 0 radical (unpaired) electrons. The summed E-state index contributed by atoms with van der Waals surface area (Å²) in [5.41, 5.74) is 0.659. The van der Waals surface area contributed by atoms with Gasteiger partial charge in [0.25, 0.3) is 0 Å². The van der Waals surface area contributed by atoms with E-state index in [1.165, 1.54) is 12.8 Å². The third-order valence-electron chi connectivity index (χ3n) is 5.01. The number of rotatable bonds is 0. The molecule has 0 unspecified atom stereocenters. The number of ether oxygens (including phenoxy) is 1. The average molecular weight is 235 g/mol. The lowest BCUT2D eigenvalue weighted by Crippen LogP contribution is -2.71. The van der Waals surface area contributed by atoms with E-state index in [0.717, 1.165) is 25.0 Å². The molecule has 1 spiro atoms. The van der Waals surface area contributed by atoms with Crippen LogP contribution in [0, 0.1) is 0 Å². The maximum absolute atomic E-state index is 11.6. The zero-order valence-electron chi connectivity index (χ0n) is 9.76. The molecule has 0 aromatic carbocycles. The van der Waals surface area contributed by atoms with Crippen molar-refractivity contribution >= 4 is 5.97 Å². The first-order chi connectivity index (χ1) is 8.21. The molecule has 1 N–H and O–H groups in total. The summed E-state index contributed by atoms with van der Waals surface area (Å²) in [6, 6.07) is 0.527. The van der Waals surface area contributed by atoms with E-state index in [1.807, 2.05) is 0 Å². The van der Waals surface area contributed by atoms with Crippen molar-refractivity contribution in [2.45, 2.75) is 55.9 Å². The van der Waals surface area contributed by atoms with E-state index in [0.29, 0.717) is 12.5 Å². The van der Waals surface area contributed by atoms with E-state index >= 15 is 0 Å². The number of fused-ring (bicyclic) bond motifs is 1. The molecule has 4 heteroatoms. The van der Waals surface area contributed by atoms with Gasteiger partial charge < -0.3 is 9.84 Å². The van der Waals surface area contributed by atoms with Crippen LogP contribution in [0.15, 0.2) is 11.6 Å². The van der Waals surface area contributed by atoms with Crippen molar-refractivity contribution in [1.29, 1.82) is 0 Å². The molecule has 2 bridgehead atoms. The fourth-order valence-corrected chi connectivity index (χ4v) is 4.36. The monoisotopic (exact) mass is 235 g/mol. The summed E-state index contributed by atoms with van der Waals surface area (Å²) in [7, 11) is 0. The minimum atomic E-state index is -0.480. The van der Waals surface area contributed by atoms with E-state index in [2.05, 4.69) is 4.90 Å². The topological polar surface area (TPSA) is 49.8 Å². The van der Waals surface area contributed by atoms with Crippen LogP contribution in [0.3, 0.4) is 0 Å².